The van der Waals surface area contributed by atoms with E-state index in [0.717, 1.165) is 12.1 Å². The van der Waals surface area contributed by atoms with Gasteiger partial charge in [-0.05, 0) is 31.5 Å². The van der Waals surface area contributed by atoms with Crippen LogP contribution < -0.4 is 0 Å². The quantitative estimate of drug-likeness (QED) is 0.390. The highest BCUT2D eigenvalue weighted by atomic mass is 35.5. The minimum absolute atomic E-state index is 0.207. The number of rotatable bonds is 6. The van der Waals surface area contributed by atoms with E-state index in [-0.39, 0.29) is 5.56 Å². The fourth-order valence-electron chi connectivity index (χ4n) is 2.66. The normalized spacial score (nSPS) is 23.3. The molecule has 8 heteroatoms. The topological polar surface area (TPSA) is 18.5 Å². The van der Waals surface area contributed by atoms with Crippen LogP contribution in [0.15, 0.2) is 18.2 Å². The Morgan fingerprint density at radius 3 is 2.22 bits per heavy atom. The van der Waals surface area contributed by atoms with Crippen LogP contribution in [-0.4, -0.2) is 23.8 Å². The Morgan fingerprint density at radius 1 is 1.17 bits per heavy atom. The second-order valence-corrected chi connectivity index (χ2v) is 6.64. The second kappa shape index (κ2) is 6.75. The third kappa shape index (κ3) is 3.76. The lowest BCUT2D eigenvalue weighted by atomic mass is 10.0. The van der Waals surface area contributed by atoms with Gasteiger partial charge in [0.05, 0.1) is 11.5 Å². The van der Waals surface area contributed by atoms with Crippen LogP contribution in [0.1, 0.15) is 30.9 Å². The highest BCUT2D eigenvalue weighted by Gasteiger charge is 2.68. The van der Waals surface area contributed by atoms with Crippen molar-refractivity contribution in [2.75, 3.05) is 13.2 Å². The van der Waals surface area contributed by atoms with Crippen molar-refractivity contribution in [2.45, 2.75) is 36.6 Å². The first-order valence-corrected chi connectivity index (χ1v) is 7.87. The third-order valence-corrected chi connectivity index (χ3v) is 4.69. The zero-order chi connectivity index (χ0) is 17.4. The van der Waals surface area contributed by atoms with E-state index in [0.29, 0.717) is 13.2 Å². The Hall–Kier alpha value is -0.560. The maximum Gasteiger partial charge on any atom is 0.419 e. The van der Waals surface area contributed by atoms with Crippen molar-refractivity contribution >= 4 is 23.2 Å². The van der Waals surface area contributed by atoms with Gasteiger partial charge in [0.25, 0.3) is 0 Å². The molecule has 0 bridgehead atoms. The second-order valence-electron chi connectivity index (χ2n) is 5.19. The van der Waals surface area contributed by atoms with E-state index >= 15 is 0 Å². The first kappa shape index (κ1) is 18.8. The van der Waals surface area contributed by atoms with Gasteiger partial charge < -0.3 is 9.47 Å². The monoisotopic (exact) mass is 374 g/mol. The summed E-state index contributed by atoms with van der Waals surface area (Å²) in [5, 5.41) is 0. The van der Waals surface area contributed by atoms with Crippen LogP contribution in [0, 0.1) is 11.7 Å². The van der Waals surface area contributed by atoms with Gasteiger partial charge in [-0.15, -0.1) is 23.2 Å². The number of halogens is 6. The molecule has 1 saturated carbocycles. The maximum atomic E-state index is 13.4. The van der Waals surface area contributed by atoms with Crippen LogP contribution in [-0.2, 0) is 15.7 Å². The molecule has 0 spiro atoms. The van der Waals surface area contributed by atoms with E-state index in [4.69, 9.17) is 32.7 Å². The van der Waals surface area contributed by atoms with E-state index < -0.39 is 40.0 Å². The molecule has 2 nitrogen and oxygen atoms in total. The van der Waals surface area contributed by atoms with Gasteiger partial charge in [-0.1, -0.05) is 6.07 Å². The minimum Gasteiger partial charge on any atom is -0.353 e. The smallest absolute Gasteiger partial charge is 0.353 e. The standard InChI is InChI=1S/C15H16Cl2F4O2/c1-3-22-13(23-4-2)12-11(14(12,16)17)8-5-6-10(18)9(7-8)15(19,20)21/h5-7,11-13H,3-4H2,1-2H3/t11-,12+/m0/s1. The average molecular weight is 375 g/mol. The molecular weight excluding hydrogens is 359 g/mol. The lowest BCUT2D eigenvalue weighted by Gasteiger charge is -2.17. The van der Waals surface area contributed by atoms with Crippen molar-refractivity contribution in [1.29, 1.82) is 0 Å². The number of hydrogen-bond acceptors (Lipinski definition) is 2. The van der Waals surface area contributed by atoms with Gasteiger partial charge in [0, 0.05) is 19.1 Å². The molecule has 0 aliphatic heterocycles. The van der Waals surface area contributed by atoms with Crippen molar-refractivity contribution in [3.05, 3.63) is 35.1 Å². The Labute approximate surface area is 141 Å². The molecule has 0 amide bonds. The summed E-state index contributed by atoms with van der Waals surface area (Å²) in [7, 11) is 0. The van der Waals surface area contributed by atoms with Crippen molar-refractivity contribution in [2.24, 2.45) is 5.92 Å². The van der Waals surface area contributed by atoms with Crippen LogP contribution in [0.3, 0.4) is 0 Å². The first-order chi connectivity index (χ1) is 10.6. The highest BCUT2D eigenvalue weighted by molar-refractivity contribution is 6.52. The van der Waals surface area contributed by atoms with Crippen LogP contribution in [0.5, 0.6) is 0 Å². The molecule has 0 aromatic heterocycles. The molecule has 0 saturated heterocycles. The van der Waals surface area contributed by atoms with E-state index in [1.165, 1.54) is 6.07 Å². The molecule has 1 fully saturated rings. The van der Waals surface area contributed by atoms with Gasteiger partial charge in [0.1, 0.15) is 10.2 Å². The lowest BCUT2D eigenvalue weighted by molar-refractivity contribution is -0.149. The fraction of sp³-hybridized carbons (Fsp3) is 0.600. The molecule has 0 heterocycles. The molecule has 2 rings (SSSR count). The average Bonchev–Trinajstić information content (AvgIpc) is 3.00. The summed E-state index contributed by atoms with van der Waals surface area (Å²) in [5.74, 6) is -2.49. The number of alkyl halides is 5. The Bertz CT molecular complexity index is 557. The Morgan fingerprint density at radius 2 is 1.74 bits per heavy atom. The number of hydrogen-bond donors (Lipinski definition) is 0. The molecule has 1 aliphatic rings. The lowest BCUT2D eigenvalue weighted by Crippen LogP contribution is -2.22. The zero-order valence-electron chi connectivity index (χ0n) is 12.5. The van der Waals surface area contributed by atoms with Gasteiger partial charge in [-0.25, -0.2) is 4.39 Å². The Kier molecular flexibility index (Phi) is 5.51. The van der Waals surface area contributed by atoms with Crippen molar-refractivity contribution in [1.82, 2.24) is 0 Å². The maximum absolute atomic E-state index is 13.4. The summed E-state index contributed by atoms with van der Waals surface area (Å²) in [6.07, 6.45) is -5.52. The van der Waals surface area contributed by atoms with E-state index in [1.807, 2.05) is 0 Å². The van der Waals surface area contributed by atoms with Gasteiger partial charge in [0.15, 0.2) is 6.29 Å². The summed E-state index contributed by atoms with van der Waals surface area (Å²) >= 11 is 12.4. The van der Waals surface area contributed by atoms with E-state index in [2.05, 4.69) is 0 Å². The molecule has 1 aromatic rings. The molecular formula is C15H16Cl2F4O2. The van der Waals surface area contributed by atoms with Crippen LogP contribution in [0.4, 0.5) is 17.6 Å². The van der Waals surface area contributed by atoms with Gasteiger partial charge in [-0.3, -0.25) is 0 Å². The predicted molar refractivity (Wildman–Crippen MR) is 79.1 cm³/mol. The van der Waals surface area contributed by atoms with Gasteiger partial charge in [-0.2, -0.15) is 13.2 Å². The van der Waals surface area contributed by atoms with Gasteiger partial charge in [0.2, 0.25) is 0 Å². The van der Waals surface area contributed by atoms with Crippen LogP contribution in [0.2, 0.25) is 0 Å². The summed E-state index contributed by atoms with van der Waals surface area (Å²) in [5.41, 5.74) is -1.13. The minimum atomic E-state index is -4.79. The highest BCUT2D eigenvalue weighted by Crippen LogP contribution is 2.67. The first-order valence-electron chi connectivity index (χ1n) is 7.12. The molecule has 2 atom stereocenters. The molecule has 0 unspecified atom stereocenters. The summed E-state index contributed by atoms with van der Waals surface area (Å²) < 4.78 is 61.5. The van der Waals surface area contributed by atoms with E-state index in [1.54, 1.807) is 13.8 Å². The van der Waals surface area contributed by atoms with E-state index in [9.17, 15) is 17.6 Å². The van der Waals surface area contributed by atoms with Crippen molar-refractivity contribution < 1.29 is 27.0 Å². The molecule has 1 aliphatic carbocycles. The Balaban J connectivity index is 2.31. The molecule has 23 heavy (non-hydrogen) atoms. The summed E-state index contributed by atoms with van der Waals surface area (Å²) in [6, 6.07) is 2.77. The molecule has 130 valence electrons. The summed E-state index contributed by atoms with van der Waals surface area (Å²) in [6.45, 7) is 4.20. The molecule has 0 radical (unpaired) electrons. The predicted octanol–water partition coefficient (Wildman–Crippen LogP) is 5.13. The van der Waals surface area contributed by atoms with Crippen LogP contribution >= 0.6 is 23.2 Å². The largest absolute Gasteiger partial charge is 0.419 e. The van der Waals surface area contributed by atoms with Gasteiger partial charge >= 0.3 is 6.18 Å². The van der Waals surface area contributed by atoms with Crippen LogP contribution in [0.25, 0.3) is 0 Å². The third-order valence-electron chi connectivity index (χ3n) is 3.72. The van der Waals surface area contributed by atoms with Crippen molar-refractivity contribution in [3.8, 4) is 0 Å². The SMILES string of the molecule is CCOC(OCC)[C@H]1[C@H](c2ccc(F)c(C(F)(F)F)c2)C1(Cl)Cl. The fourth-order valence-corrected chi connectivity index (χ4v) is 3.51. The number of ether oxygens (including phenoxy) is 2. The van der Waals surface area contributed by atoms with Crippen molar-refractivity contribution in [3.63, 3.8) is 0 Å². The zero-order valence-corrected chi connectivity index (χ0v) is 14.0. The molecule has 0 N–H and O–H groups in total. The molecule has 1 aromatic carbocycles. The summed E-state index contributed by atoms with van der Waals surface area (Å²) in [4.78, 5) is 0. The number of benzene rings is 1.